The van der Waals surface area contributed by atoms with E-state index in [9.17, 15) is 18.4 Å². The van der Waals surface area contributed by atoms with Gasteiger partial charge in [-0.1, -0.05) is 23.5 Å². The van der Waals surface area contributed by atoms with Crippen LogP contribution in [0.1, 0.15) is 15.2 Å². The van der Waals surface area contributed by atoms with Crippen molar-refractivity contribution in [1.82, 2.24) is 4.98 Å². The van der Waals surface area contributed by atoms with Gasteiger partial charge in [0.2, 0.25) is 5.91 Å². The number of nitrogens with two attached hydrogens (primary N) is 1. The zero-order valence-electron chi connectivity index (χ0n) is 11.1. The van der Waals surface area contributed by atoms with Gasteiger partial charge in [0, 0.05) is 0 Å². The van der Waals surface area contributed by atoms with Gasteiger partial charge in [0.05, 0.1) is 12.6 Å². The van der Waals surface area contributed by atoms with E-state index < -0.39 is 12.5 Å². The third-order valence-electron chi connectivity index (χ3n) is 2.51. The molecule has 22 heavy (non-hydrogen) atoms. The maximum atomic E-state index is 12.0. The number of rotatable bonds is 6. The topological polar surface area (TPSA) is 94.3 Å². The second-order valence-electron chi connectivity index (χ2n) is 4.14. The van der Waals surface area contributed by atoms with Crippen LogP contribution in [-0.2, 0) is 11.2 Å². The highest BCUT2D eigenvalue weighted by atomic mass is 32.1. The predicted molar refractivity (Wildman–Crippen MR) is 76.0 cm³/mol. The number of alkyl halides is 2. The van der Waals surface area contributed by atoms with Gasteiger partial charge in [0.15, 0.2) is 5.13 Å². The van der Waals surface area contributed by atoms with Crippen molar-refractivity contribution in [1.29, 1.82) is 0 Å². The van der Waals surface area contributed by atoms with Crippen molar-refractivity contribution in [3.05, 3.63) is 40.9 Å². The second-order valence-corrected chi connectivity index (χ2v) is 5.17. The van der Waals surface area contributed by atoms with Gasteiger partial charge in [-0.15, -0.1) is 0 Å². The molecule has 2 rings (SSSR count). The van der Waals surface area contributed by atoms with Crippen LogP contribution in [0.15, 0.2) is 30.5 Å². The van der Waals surface area contributed by atoms with E-state index in [2.05, 4.69) is 15.0 Å². The number of aromatic nitrogens is 1. The smallest absolute Gasteiger partial charge is 0.387 e. The molecule has 1 aromatic carbocycles. The lowest BCUT2D eigenvalue weighted by molar-refractivity contribution is -0.115. The first-order valence-corrected chi connectivity index (χ1v) is 6.85. The van der Waals surface area contributed by atoms with Crippen molar-refractivity contribution < 1.29 is 23.1 Å². The molecule has 0 radical (unpaired) electrons. The van der Waals surface area contributed by atoms with Crippen molar-refractivity contribution in [2.75, 3.05) is 5.32 Å². The molecule has 3 N–H and O–H groups in total. The number of halogens is 2. The molecule has 0 saturated carbocycles. The van der Waals surface area contributed by atoms with E-state index in [1.54, 1.807) is 0 Å². The number of carbonyl (C=O) groups excluding carboxylic acids is 2. The summed E-state index contributed by atoms with van der Waals surface area (Å²) in [5.74, 6) is -0.953. The Morgan fingerprint density at radius 2 is 2.00 bits per heavy atom. The third kappa shape index (κ3) is 4.48. The van der Waals surface area contributed by atoms with Crippen molar-refractivity contribution in [3.63, 3.8) is 0 Å². The Morgan fingerprint density at radius 3 is 2.55 bits per heavy atom. The molecule has 0 fully saturated rings. The number of nitrogens with one attached hydrogen (secondary N) is 1. The lowest BCUT2D eigenvalue weighted by atomic mass is 10.1. The molecule has 2 aromatic rings. The molecule has 0 aliphatic heterocycles. The molecule has 1 aromatic heterocycles. The maximum Gasteiger partial charge on any atom is 0.387 e. The highest BCUT2D eigenvalue weighted by Crippen LogP contribution is 2.18. The van der Waals surface area contributed by atoms with Crippen LogP contribution in [0.5, 0.6) is 5.75 Å². The Kier molecular flexibility index (Phi) is 4.99. The fourth-order valence-electron chi connectivity index (χ4n) is 1.58. The number of carbonyl (C=O) groups is 2. The van der Waals surface area contributed by atoms with Crippen LogP contribution in [-0.4, -0.2) is 23.4 Å². The summed E-state index contributed by atoms with van der Waals surface area (Å²) < 4.78 is 28.2. The summed E-state index contributed by atoms with van der Waals surface area (Å²) in [6.07, 6.45) is 1.31. The average Bonchev–Trinajstić information content (AvgIpc) is 2.89. The standard InChI is InChI=1S/C13H11F2N3O3S/c14-12(15)21-8-3-1-7(2-4-8)5-10(19)18-13-17-6-9(22-13)11(16)20/h1-4,6,12H,5H2,(H2,16,20)(H,17,18,19). The van der Waals surface area contributed by atoms with Gasteiger partial charge in [-0.05, 0) is 17.7 Å². The zero-order chi connectivity index (χ0) is 16.1. The molecule has 6 nitrogen and oxygen atoms in total. The SMILES string of the molecule is NC(=O)c1cnc(NC(=O)Cc2ccc(OC(F)F)cc2)s1. The summed E-state index contributed by atoms with van der Waals surface area (Å²) in [6.45, 7) is -2.89. The number of hydrogen-bond donors (Lipinski definition) is 2. The first kappa shape index (κ1) is 15.8. The highest BCUT2D eigenvalue weighted by molar-refractivity contribution is 7.17. The van der Waals surface area contributed by atoms with Crippen LogP contribution in [0.4, 0.5) is 13.9 Å². The van der Waals surface area contributed by atoms with Crippen LogP contribution in [0.3, 0.4) is 0 Å². The number of anilines is 1. The molecule has 116 valence electrons. The molecule has 0 spiro atoms. The molecule has 9 heteroatoms. The molecule has 0 aliphatic carbocycles. The van der Waals surface area contributed by atoms with Crippen LogP contribution in [0.2, 0.25) is 0 Å². The first-order valence-electron chi connectivity index (χ1n) is 6.03. The molecule has 0 bridgehead atoms. The third-order valence-corrected chi connectivity index (χ3v) is 3.44. The molecule has 0 aliphatic rings. The van der Waals surface area contributed by atoms with Crippen LogP contribution in [0, 0.1) is 0 Å². The number of nitrogens with zero attached hydrogens (tertiary/aromatic N) is 1. The van der Waals surface area contributed by atoms with Crippen molar-refractivity contribution in [2.45, 2.75) is 13.0 Å². The van der Waals surface area contributed by atoms with E-state index in [-0.39, 0.29) is 28.1 Å². The lowest BCUT2D eigenvalue weighted by Crippen LogP contribution is -2.14. The van der Waals surface area contributed by atoms with E-state index in [0.29, 0.717) is 5.56 Å². The summed E-state index contributed by atoms with van der Waals surface area (Å²) in [5, 5.41) is 2.78. The molecule has 2 amide bonds. The largest absolute Gasteiger partial charge is 0.435 e. The van der Waals surface area contributed by atoms with Crippen LogP contribution in [0.25, 0.3) is 0 Å². The number of ether oxygens (including phenoxy) is 1. The Balaban J connectivity index is 1.92. The van der Waals surface area contributed by atoms with Crippen molar-refractivity contribution >= 4 is 28.3 Å². The minimum atomic E-state index is -2.89. The molecule has 0 saturated heterocycles. The second kappa shape index (κ2) is 6.94. The Bertz CT molecular complexity index is 673. The normalized spacial score (nSPS) is 10.5. The van der Waals surface area contributed by atoms with E-state index in [4.69, 9.17) is 5.73 Å². The van der Waals surface area contributed by atoms with Gasteiger partial charge in [-0.3, -0.25) is 9.59 Å². The molecular weight excluding hydrogens is 316 g/mol. The van der Waals surface area contributed by atoms with Gasteiger partial charge in [0.1, 0.15) is 10.6 Å². The van der Waals surface area contributed by atoms with E-state index in [1.165, 1.54) is 30.5 Å². The number of amides is 2. The van der Waals surface area contributed by atoms with Gasteiger partial charge in [-0.25, -0.2) is 4.98 Å². The summed E-state index contributed by atoms with van der Waals surface area (Å²) in [4.78, 5) is 26.8. The monoisotopic (exact) mass is 327 g/mol. The summed E-state index contributed by atoms with van der Waals surface area (Å²) >= 11 is 0.968. The number of primary amides is 1. The number of hydrogen-bond acceptors (Lipinski definition) is 5. The van der Waals surface area contributed by atoms with E-state index in [1.807, 2.05) is 0 Å². The van der Waals surface area contributed by atoms with Gasteiger partial charge in [0.25, 0.3) is 5.91 Å². The molecule has 1 heterocycles. The molecule has 0 unspecified atom stereocenters. The van der Waals surface area contributed by atoms with Gasteiger partial charge >= 0.3 is 6.61 Å². The minimum absolute atomic E-state index is 0.0187. The number of thiazole rings is 1. The fourth-order valence-corrected chi connectivity index (χ4v) is 2.27. The van der Waals surface area contributed by atoms with Crippen molar-refractivity contribution in [2.24, 2.45) is 5.73 Å². The predicted octanol–water partition coefficient (Wildman–Crippen LogP) is 2.02. The highest BCUT2D eigenvalue weighted by Gasteiger charge is 2.10. The zero-order valence-corrected chi connectivity index (χ0v) is 11.9. The summed E-state index contributed by atoms with van der Waals surface area (Å²) in [5.41, 5.74) is 5.70. The average molecular weight is 327 g/mol. The van der Waals surface area contributed by atoms with Crippen LogP contribution < -0.4 is 15.8 Å². The quantitative estimate of drug-likeness (QED) is 0.849. The summed E-state index contributed by atoms with van der Waals surface area (Å²) in [7, 11) is 0. The molecule has 0 atom stereocenters. The van der Waals surface area contributed by atoms with Crippen LogP contribution >= 0.6 is 11.3 Å². The lowest BCUT2D eigenvalue weighted by Gasteiger charge is -2.05. The Hall–Kier alpha value is -2.55. The van der Waals surface area contributed by atoms with Gasteiger partial charge < -0.3 is 15.8 Å². The fraction of sp³-hybridized carbons (Fsp3) is 0.154. The Labute approximate surface area is 127 Å². The van der Waals surface area contributed by atoms with Crippen molar-refractivity contribution in [3.8, 4) is 5.75 Å². The van der Waals surface area contributed by atoms with E-state index in [0.717, 1.165) is 11.3 Å². The maximum absolute atomic E-state index is 12.0. The number of benzene rings is 1. The first-order chi connectivity index (χ1) is 10.4. The Morgan fingerprint density at radius 1 is 1.32 bits per heavy atom. The minimum Gasteiger partial charge on any atom is -0.435 e. The van der Waals surface area contributed by atoms with Gasteiger partial charge in [-0.2, -0.15) is 8.78 Å². The summed E-state index contributed by atoms with van der Waals surface area (Å²) in [6, 6.07) is 5.72. The molecular formula is C13H11F2N3O3S. The van der Waals surface area contributed by atoms with E-state index >= 15 is 0 Å².